The predicted molar refractivity (Wildman–Crippen MR) is 88.9 cm³/mol. The van der Waals surface area contributed by atoms with E-state index in [9.17, 15) is 9.59 Å². The minimum Gasteiger partial charge on any atom is -0.497 e. The molecular formula is C19H21NO5. The molecule has 6 heteroatoms. The zero-order valence-corrected chi connectivity index (χ0v) is 14.5. The molecule has 132 valence electrons. The second kappa shape index (κ2) is 5.59. The van der Waals surface area contributed by atoms with Crippen LogP contribution in [0.25, 0.3) is 0 Å². The minimum atomic E-state index is -0.707. The standard InChI is InChI=1S/C19H21NO5/c1-11(12-4-6-13(23-2)7-5-12)20-10-19-9-8-14(25-19)15(18(22)24-3)16(19)17(20)21/h4-9,11,14-16H,10H2,1-3H3/t11-,14+,15+,16+,19-/m1/s1. The average molecular weight is 343 g/mol. The summed E-state index contributed by atoms with van der Waals surface area (Å²) in [5.74, 6) is -0.722. The summed E-state index contributed by atoms with van der Waals surface area (Å²) in [6.45, 7) is 2.44. The minimum absolute atomic E-state index is 0.0504. The fourth-order valence-corrected chi connectivity index (χ4v) is 4.32. The van der Waals surface area contributed by atoms with E-state index in [-0.39, 0.29) is 24.0 Å². The lowest BCUT2D eigenvalue weighted by Gasteiger charge is -2.27. The lowest BCUT2D eigenvalue weighted by molar-refractivity contribution is -0.151. The van der Waals surface area contributed by atoms with Gasteiger partial charge < -0.3 is 19.1 Å². The second-order valence-corrected chi connectivity index (χ2v) is 6.84. The molecule has 0 radical (unpaired) electrons. The van der Waals surface area contributed by atoms with Gasteiger partial charge in [-0.15, -0.1) is 0 Å². The molecule has 6 nitrogen and oxygen atoms in total. The number of ether oxygens (including phenoxy) is 3. The van der Waals surface area contributed by atoms with Crippen molar-refractivity contribution in [1.82, 2.24) is 4.90 Å². The molecule has 2 fully saturated rings. The number of rotatable bonds is 4. The summed E-state index contributed by atoms with van der Waals surface area (Å²) < 4.78 is 16.1. The highest BCUT2D eigenvalue weighted by atomic mass is 16.5. The van der Waals surface area contributed by atoms with Crippen LogP contribution in [0.2, 0.25) is 0 Å². The Hall–Kier alpha value is -2.34. The van der Waals surface area contributed by atoms with E-state index in [0.29, 0.717) is 6.54 Å². The fourth-order valence-electron chi connectivity index (χ4n) is 4.32. The molecule has 1 aromatic carbocycles. The molecule has 1 spiro atoms. The number of carbonyl (C=O) groups excluding carboxylic acids is 2. The van der Waals surface area contributed by atoms with Gasteiger partial charge >= 0.3 is 5.97 Å². The van der Waals surface area contributed by atoms with Crippen LogP contribution >= 0.6 is 0 Å². The Morgan fingerprint density at radius 2 is 2.04 bits per heavy atom. The molecule has 2 bridgehead atoms. The van der Waals surface area contributed by atoms with Gasteiger partial charge in [-0.05, 0) is 24.6 Å². The molecule has 0 aromatic heterocycles. The van der Waals surface area contributed by atoms with Crippen molar-refractivity contribution in [3.63, 3.8) is 0 Å². The third kappa shape index (κ3) is 2.20. The Kier molecular flexibility index (Phi) is 3.61. The van der Waals surface area contributed by atoms with Gasteiger partial charge in [0.05, 0.1) is 38.8 Å². The number of amides is 1. The first kappa shape index (κ1) is 16.1. The van der Waals surface area contributed by atoms with Gasteiger partial charge in [0.1, 0.15) is 17.3 Å². The lowest BCUT2D eigenvalue weighted by Crippen LogP contribution is -2.39. The molecule has 1 amide bonds. The van der Waals surface area contributed by atoms with Gasteiger partial charge in [-0.1, -0.05) is 24.3 Å². The first-order valence-electron chi connectivity index (χ1n) is 8.40. The van der Waals surface area contributed by atoms with Crippen molar-refractivity contribution in [2.24, 2.45) is 11.8 Å². The zero-order chi connectivity index (χ0) is 17.8. The zero-order valence-electron chi connectivity index (χ0n) is 14.5. The number of fused-ring (bicyclic) bond motifs is 1. The average Bonchev–Trinajstić information content (AvgIpc) is 3.29. The second-order valence-electron chi connectivity index (χ2n) is 6.84. The SMILES string of the molecule is COC(=O)[C@H]1[C@@H]2C=C[C@]3(CN([C@H](C)c4ccc(OC)cc4)C(=O)[C@H]13)O2. The lowest BCUT2D eigenvalue weighted by atomic mass is 9.77. The topological polar surface area (TPSA) is 65.1 Å². The maximum atomic E-state index is 13.1. The number of hydrogen-bond acceptors (Lipinski definition) is 5. The van der Waals surface area contributed by atoms with Gasteiger partial charge in [0, 0.05) is 0 Å². The summed E-state index contributed by atoms with van der Waals surface area (Å²) in [7, 11) is 2.97. The van der Waals surface area contributed by atoms with E-state index >= 15 is 0 Å². The van der Waals surface area contributed by atoms with Crippen LogP contribution in [0.3, 0.4) is 0 Å². The van der Waals surface area contributed by atoms with Gasteiger partial charge in [-0.3, -0.25) is 9.59 Å². The fraction of sp³-hybridized carbons (Fsp3) is 0.474. The van der Waals surface area contributed by atoms with Gasteiger partial charge in [-0.2, -0.15) is 0 Å². The highest BCUT2D eigenvalue weighted by Gasteiger charge is 2.67. The predicted octanol–water partition coefficient (Wildman–Crippen LogP) is 1.71. The monoisotopic (exact) mass is 343 g/mol. The number of nitrogens with zero attached hydrogens (tertiary/aromatic N) is 1. The smallest absolute Gasteiger partial charge is 0.312 e. The summed E-state index contributed by atoms with van der Waals surface area (Å²) in [6, 6.07) is 7.55. The third-order valence-electron chi connectivity index (χ3n) is 5.67. The van der Waals surface area contributed by atoms with E-state index in [4.69, 9.17) is 14.2 Å². The van der Waals surface area contributed by atoms with Gasteiger partial charge in [0.25, 0.3) is 0 Å². The van der Waals surface area contributed by atoms with E-state index in [1.165, 1.54) is 7.11 Å². The summed E-state index contributed by atoms with van der Waals surface area (Å²) >= 11 is 0. The number of hydrogen-bond donors (Lipinski definition) is 0. The van der Waals surface area contributed by atoms with Crippen molar-refractivity contribution in [2.75, 3.05) is 20.8 Å². The van der Waals surface area contributed by atoms with E-state index in [0.717, 1.165) is 11.3 Å². The largest absolute Gasteiger partial charge is 0.497 e. The molecule has 0 aliphatic carbocycles. The van der Waals surface area contributed by atoms with Crippen molar-refractivity contribution in [2.45, 2.75) is 24.7 Å². The first-order valence-corrected chi connectivity index (χ1v) is 8.40. The molecule has 3 aliphatic rings. The van der Waals surface area contributed by atoms with E-state index in [1.807, 2.05) is 43.3 Å². The van der Waals surface area contributed by atoms with Crippen LogP contribution in [0.4, 0.5) is 0 Å². The highest BCUT2D eigenvalue weighted by molar-refractivity contribution is 5.91. The molecule has 2 saturated heterocycles. The van der Waals surface area contributed by atoms with Crippen LogP contribution in [-0.2, 0) is 19.1 Å². The Balaban J connectivity index is 1.62. The number of carbonyl (C=O) groups is 2. The van der Waals surface area contributed by atoms with Crippen molar-refractivity contribution >= 4 is 11.9 Å². The maximum Gasteiger partial charge on any atom is 0.312 e. The highest BCUT2D eigenvalue weighted by Crippen LogP contribution is 2.53. The molecule has 3 heterocycles. The molecule has 0 saturated carbocycles. The van der Waals surface area contributed by atoms with Crippen LogP contribution in [0.5, 0.6) is 5.75 Å². The molecule has 0 unspecified atom stereocenters. The van der Waals surface area contributed by atoms with Crippen molar-refractivity contribution < 1.29 is 23.8 Å². The quantitative estimate of drug-likeness (QED) is 0.615. The van der Waals surface area contributed by atoms with Crippen LogP contribution in [-0.4, -0.2) is 49.2 Å². The maximum absolute atomic E-state index is 13.1. The molecule has 3 aliphatic heterocycles. The van der Waals surface area contributed by atoms with E-state index in [2.05, 4.69) is 0 Å². The summed E-state index contributed by atoms with van der Waals surface area (Å²) in [4.78, 5) is 27.1. The number of likely N-dealkylation sites (tertiary alicyclic amines) is 1. The molecule has 5 atom stereocenters. The first-order chi connectivity index (χ1) is 12.0. The van der Waals surface area contributed by atoms with Gasteiger partial charge in [0.2, 0.25) is 5.91 Å². The van der Waals surface area contributed by atoms with Gasteiger partial charge in [0.15, 0.2) is 0 Å². The van der Waals surface area contributed by atoms with E-state index in [1.54, 1.807) is 12.0 Å². The summed E-state index contributed by atoms with van der Waals surface area (Å²) in [5.41, 5.74) is 0.306. The molecule has 4 rings (SSSR count). The molecular weight excluding hydrogens is 322 g/mol. The molecule has 0 N–H and O–H groups in total. The van der Waals surface area contributed by atoms with Crippen molar-refractivity contribution in [1.29, 1.82) is 0 Å². The van der Waals surface area contributed by atoms with Crippen LogP contribution in [0, 0.1) is 11.8 Å². The number of methoxy groups -OCH3 is 2. The summed E-state index contributed by atoms with van der Waals surface area (Å²) in [5, 5.41) is 0. The molecule has 1 aromatic rings. The van der Waals surface area contributed by atoms with Gasteiger partial charge in [-0.25, -0.2) is 0 Å². The number of esters is 1. The summed E-state index contributed by atoms with van der Waals surface area (Å²) in [6.07, 6.45) is 3.47. The Morgan fingerprint density at radius 1 is 1.32 bits per heavy atom. The normalized spacial score (nSPS) is 33.5. The Morgan fingerprint density at radius 3 is 2.68 bits per heavy atom. The Labute approximate surface area is 146 Å². The third-order valence-corrected chi connectivity index (χ3v) is 5.67. The van der Waals surface area contributed by atoms with Crippen molar-refractivity contribution in [3.05, 3.63) is 42.0 Å². The van der Waals surface area contributed by atoms with Crippen LogP contribution < -0.4 is 4.74 Å². The van der Waals surface area contributed by atoms with E-state index < -0.39 is 17.4 Å². The molecule has 25 heavy (non-hydrogen) atoms. The van der Waals surface area contributed by atoms with Crippen LogP contribution in [0.1, 0.15) is 18.5 Å². The Bertz CT molecular complexity index is 743. The van der Waals surface area contributed by atoms with Crippen LogP contribution in [0.15, 0.2) is 36.4 Å². The number of benzene rings is 1. The van der Waals surface area contributed by atoms with Crippen molar-refractivity contribution in [3.8, 4) is 5.75 Å².